The van der Waals surface area contributed by atoms with Crippen molar-refractivity contribution in [1.29, 1.82) is 0 Å². The van der Waals surface area contributed by atoms with Gasteiger partial charge in [0.1, 0.15) is 11.6 Å². The van der Waals surface area contributed by atoms with Crippen LogP contribution in [-0.2, 0) is 10.0 Å². The molecule has 0 radical (unpaired) electrons. The number of aromatic nitrogens is 1. The van der Waals surface area contributed by atoms with Gasteiger partial charge in [0.25, 0.3) is 10.0 Å². The molecule has 8 heteroatoms. The predicted octanol–water partition coefficient (Wildman–Crippen LogP) is 2.78. The molecule has 1 aliphatic heterocycles. The Morgan fingerprint density at radius 3 is 2.46 bits per heavy atom. The van der Waals surface area contributed by atoms with E-state index in [1.165, 1.54) is 24.4 Å². The minimum absolute atomic E-state index is 0.143. The van der Waals surface area contributed by atoms with Crippen molar-refractivity contribution >= 4 is 26.6 Å². The van der Waals surface area contributed by atoms with E-state index in [4.69, 9.17) is 4.74 Å². The second-order valence-corrected chi connectivity index (χ2v) is 8.76. The summed E-state index contributed by atoms with van der Waals surface area (Å²) >= 11 is 0. The Morgan fingerprint density at radius 1 is 1.00 bits per heavy atom. The SMILES string of the molecule is COc1ccc(S(=O)(=O)n2ccc3ccc(F)cc32)cc1N1CCN(C)CC1. The highest BCUT2D eigenvalue weighted by atomic mass is 32.2. The van der Waals surface area contributed by atoms with Crippen LogP contribution in [0.2, 0.25) is 0 Å². The van der Waals surface area contributed by atoms with Gasteiger partial charge < -0.3 is 14.5 Å². The number of methoxy groups -OCH3 is 1. The van der Waals surface area contributed by atoms with Crippen molar-refractivity contribution in [3.05, 3.63) is 54.5 Å². The topological polar surface area (TPSA) is 54.8 Å². The molecular formula is C20H22FN3O3S. The van der Waals surface area contributed by atoms with Crippen molar-refractivity contribution in [2.24, 2.45) is 0 Å². The molecule has 0 bridgehead atoms. The normalized spacial score (nSPS) is 15.9. The lowest BCUT2D eigenvalue weighted by Crippen LogP contribution is -2.44. The molecule has 2 aromatic carbocycles. The van der Waals surface area contributed by atoms with Crippen LogP contribution in [0.25, 0.3) is 10.9 Å². The molecule has 3 aromatic rings. The molecule has 0 aliphatic carbocycles. The van der Waals surface area contributed by atoms with E-state index in [0.29, 0.717) is 16.7 Å². The highest BCUT2D eigenvalue weighted by molar-refractivity contribution is 7.90. The van der Waals surface area contributed by atoms with Crippen LogP contribution in [0.1, 0.15) is 0 Å². The molecule has 0 amide bonds. The van der Waals surface area contributed by atoms with Crippen molar-refractivity contribution < 1.29 is 17.5 Å². The first-order chi connectivity index (χ1) is 13.4. The lowest BCUT2D eigenvalue weighted by atomic mass is 10.2. The average molecular weight is 403 g/mol. The van der Waals surface area contributed by atoms with Crippen LogP contribution in [0.15, 0.2) is 53.6 Å². The van der Waals surface area contributed by atoms with Gasteiger partial charge in [0.2, 0.25) is 0 Å². The van der Waals surface area contributed by atoms with Gasteiger partial charge >= 0.3 is 0 Å². The Labute approximate surface area is 163 Å². The van der Waals surface area contributed by atoms with Gasteiger partial charge in [-0.3, -0.25) is 0 Å². The third-order valence-electron chi connectivity index (χ3n) is 5.17. The first kappa shape index (κ1) is 18.8. The van der Waals surface area contributed by atoms with Gasteiger partial charge in [-0.15, -0.1) is 0 Å². The Balaban J connectivity index is 1.79. The highest BCUT2D eigenvalue weighted by Crippen LogP contribution is 2.33. The van der Waals surface area contributed by atoms with Gasteiger partial charge in [-0.25, -0.2) is 16.8 Å². The third-order valence-corrected chi connectivity index (χ3v) is 6.86. The van der Waals surface area contributed by atoms with Crippen LogP contribution in [0.3, 0.4) is 0 Å². The van der Waals surface area contributed by atoms with E-state index in [0.717, 1.165) is 35.8 Å². The molecule has 0 unspecified atom stereocenters. The van der Waals surface area contributed by atoms with Crippen molar-refractivity contribution in [3.63, 3.8) is 0 Å². The Hall–Kier alpha value is -2.58. The van der Waals surface area contributed by atoms with E-state index >= 15 is 0 Å². The minimum atomic E-state index is -3.88. The molecule has 0 N–H and O–H groups in total. The van der Waals surface area contributed by atoms with Gasteiger partial charge in [-0.2, -0.15) is 0 Å². The van der Waals surface area contributed by atoms with Gasteiger partial charge in [0, 0.05) is 37.8 Å². The van der Waals surface area contributed by atoms with Crippen molar-refractivity contribution in [2.45, 2.75) is 4.90 Å². The number of anilines is 1. The van der Waals surface area contributed by atoms with Crippen LogP contribution >= 0.6 is 0 Å². The van der Waals surface area contributed by atoms with Crippen LogP contribution in [0.4, 0.5) is 10.1 Å². The number of rotatable bonds is 4. The number of nitrogens with zero attached hydrogens (tertiary/aromatic N) is 3. The molecular weight excluding hydrogens is 381 g/mol. The summed E-state index contributed by atoms with van der Waals surface area (Å²) in [6.07, 6.45) is 1.46. The fourth-order valence-corrected chi connectivity index (χ4v) is 4.89. The highest BCUT2D eigenvalue weighted by Gasteiger charge is 2.24. The predicted molar refractivity (Wildman–Crippen MR) is 107 cm³/mol. The van der Waals surface area contributed by atoms with Crippen molar-refractivity contribution in [1.82, 2.24) is 8.87 Å². The van der Waals surface area contributed by atoms with E-state index in [2.05, 4.69) is 16.8 Å². The lowest BCUT2D eigenvalue weighted by Gasteiger charge is -2.34. The molecule has 1 aliphatic rings. The zero-order valence-corrected chi connectivity index (χ0v) is 16.6. The zero-order chi connectivity index (χ0) is 19.9. The van der Waals surface area contributed by atoms with Gasteiger partial charge in [0.05, 0.1) is 23.2 Å². The van der Waals surface area contributed by atoms with E-state index in [1.54, 1.807) is 31.4 Å². The van der Waals surface area contributed by atoms with E-state index in [1.807, 2.05) is 0 Å². The summed E-state index contributed by atoms with van der Waals surface area (Å²) in [6, 6.07) is 10.6. The Kier molecular flexibility index (Phi) is 4.76. The monoisotopic (exact) mass is 403 g/mol. The molecule has 4 rings (SSSR count). The molecule has 1 fully saturated rings. The maximum atomic E-state index is 13.7. The van der Waals surface area contributed by atoms with Crippen LogP contribution in [0, 0.1) is 5.82 Å². The largest absolute Gasteiger partial charge is 0.495 e. The summed E-state index contributed by atoms with van der Waals surface area (Å²) in [5.74, 6) is 0.155. The summed E-state index contributed by atoms with van der Waals surface area (Å²) in [7, 11) is -0.243. The Bertz CT molecular complexity index is 1120. The molecule has 1 aromatic heterocycles. The molecule has 2 heterocycles. The smallest absolute Gasteiger partial charge is 0.268 e. The fourth-order valence-electron chi connectivity index (χ4n) is 3.52. The van der Waals surface area contributed by atoms with Gasteiger partial charge in [0.15, 0.2) is 0 Å². The number of halogens is 1. The third kappa shape index (κ3) is 3.22. The van der Waals surface area contributed by atoms with Crippen LogP contribution < -0.4 is 9.64 Å². The van der Waals surface area contributed by atoms with Crippen LogP contribution in [-0.4, -0.2) is 57.6 Å². The first-order valence-corrected chi connectivity index (χ1v) is 10.5. The molecule has 148 valence electrons. The van der Waals surface area contributed by atoms with Crippen molar-refractivity contribution in [3.8, 4) is 5.75 Å². The number of fused-ring (bicyclic) bond motifs is 1. The van der Waals surface area contributed by atoms with E-state index in [-0.39, 0.29) is 4.90 Å². The molecule has 28 heavy (non-hydrogen) atoms. The van der Waals surface area contributed by atoms with Crippen molar-refractivity contribution in [2.75, 3.05) is 45.2 Å². The molecule has 1 saturated heterocycles. The number of hydrogen-bond acceptors (Lipinski definition) is 5. The molecule has 0 spiro atoms. The zero-order valence-electron chi connectivity index (χ0n) is 15.8. The standard InChI is InChI=1S/C20H22FN3O3S/c1-22-9-11-23(12-10-22)19-14-17(5-6-20(19)27-2)28(25,26)24-8-7-15-3-4-16(21)13-18(15)24/h3-8,13-14H,9-12H2,1-2H3. The molecule has 0 saturated carbocycles. The second-order valence-electron chi connectivity index (χ2n) is 6.94. The van der Waals surface area contributed by atoms with E-state index in [9.17, 15) is 12.8 Å². The number of likely N-dealkylation sites (N-methyl/N-ethyl adjacent to an activating group) is 1. The van der Waals surface area contributed by atoms with Crippen LogP contribution in [0.5, 0.6) is 5.75 Å². The summed E-state index contributed by atoms with van der Waals surface area (Å²) in [5.41, 5.74) is 1.07. The summed E-state index contributed by atoms with van der Waals surface area (Å²) in [5, 5.41) is 0.665. The lowest BCUT2D eigenvalue weighted by molar-refractivity contribution is 0.311. The molecule has 6 nitrogen and oxygen atoms in total. The number of piperazine rings is 1. The maximum absolute atomic E-state index is 13.7. The summed E-state index contributed by atoms with van der Waals surface area (Å²) in [4.78, 5) is 4.50. The molecule has 0 atom stereocenters. The number of ether oxygens (including phenoxy) is 1. The second kappa shape index (κ2) is 7.10. The van der Waals surface area contributed by atoms with Gasteiger partial charge in [-0.05, 0) is 49.5 Å². The Morgan fingerprint density at radius 2 is 1.75 bits per heavy atom. The maximum Gasteiger partial charge on any atom is 0.268 e. The van der Waals surface area contributed by atoms with E-state index < -0.39 is 15.8 Å². The minimum Gasteiger partial charge on any atom is -0.495 e. The average Bonchev–Trinajstić information content (AvgIpc) is 3.12. The van der Waals surface area contributed by atoms with Gasteiger partial charge in [-0.1, -0.05) is 0 Å². The number of benzene rings is 2. The number of hydrogen-bond donors (Lipinski definition) is 0. The first-order valence-electron chi connectivity index (χ1n) is 9.04. The fraction of sp³-hybridized carbons (Fsp3) is 0.300. The quantitative estimate of drug-likeness (QED) is 0.671. The summed E-state index contributed by atoms with van der Waals surface area (Å²) in [6.45, 7) is 3.35. The summed E-state index contributed by atoms with van der Waals surface area (Å²) < 4.78 is 46.8.